The van der Waals surface area contributed by atoms with Gasteiger partial charge in [-0.15, -0.1) is 0 Å². The van der Waals surface area contributed by atoms with Crippen LogP contribution < -0.4 is 0 Å². The van der Waals surface area contributed by atoms with Gasteiger partial charge >= 0.3 is 5.92 Å². The van der Waals surface area contributed by atoms with Crippen LogP contribution in [0.3, 0.4) is 0 Å². The van der Waals surface area contributed by atoms with Crippen molar-refractivity contribution in [3.63, 3.8) is 0 Å². The highest BCUT2D eigenvalue weighted by atomic mass is 19.3. The van der Waals surface area contributed by atoms with Gasteiger partial charge in [-0.1, -0.05) is 6.92 Å². The average molecular weight is 148 g/mol. The lowest BCUT2D eigenvalue weighted by molar-refractivity contribution is -0.884. The minimum Gasteiger partial charge on any atom is -0.301 e. The highest BCUT2D eigenvalue weighted by molar-refractivity contribution is 4.88. The first-order chi connectivity index (χ1) is 4.58. The van der Waals surface area contributed by atoms with Gasteiger partial charge in [-0.2, -0.15) is 8.78 Å². The molecule has 2 heterocycles. The predicted octanol–water partition coefficient (Wildman–Crippen LogP) is 1.24. The molecular formula is C7H12F2N+. The monoisotopic (exact) mass is 148 g/mol. The molecule has 2 aliphatic rings. The summed E-state index contributed by atoms with van der Waals surface area (Å²) in [7, 11) is 0. The quantitative estimate of drug-likeness (QED) is 0.388. The molecule has 0 aromatic carbocycles. The Morgan fingerprint density at radius 1 is 1.50 bits per heavy atom. The highest BCUT2D eigenvalue weighted by Crippen LogP contribution is 2.47. The Balaban J connectivity index is 1.92. The van der Waals surface area contributed by atoms with E-state index in [4.69, 9.17) is 0 Å². The van der Waals surface area contributed by atoms with E-state index in [0.717, 1.165) is 17.4 Å². The van der Waals surface area contributed by atoms with Gasteiger partial charge in [0.25, 0.3) is 0 Å². The Morgan fingerprint density at radius 3 is 2.40 bits per heavy atom. The van der Waals surface area contributed by atoms with Crippen molar-refractivity contribution >= 4 is 0 Å². The molecule has 2 aliphatic heterocycles. The molecule has 0 saturated carbocycles. The van der Waals surface area contributed by atoms with Gasteiger partial charge in [0, 0.05) is 6.42 Å². The minimum atomic E-state index is -2.33. The maximum absolute atomic E-state index is 12.4. The van der Waals surface area contributed by atoms with Crippen LogP contribution in [0.4, 0.5) is 8.78 Å². The number of rotatable bonds is 1. The number of quaternary nitrogens is 1. The number of alkyl halides is 2. The molecule has 0 radical (unpaired) electrons. The number of nitrogens with zero attached hydrogens (tertiary/aromatic N) is 1. The van der Waals surface area contributed by atoms with Crippen LogP contribution in [0.15, 0.2) is 0 Å². The first kappa shape index (κ1) is 6.53. The van der Waals surface area contributed by atoms with E-state index in [1.165, 1.54) is 0 Å². The van der Waals surface area contributed by atoms with E-state index in [0.29, 0.717) is 6.04 Å². The third-order valence-corrected chi connectivity index (χ3v) is 2.78. The maximum atomic E-state index is 12.4. The van der Waals surface area contributed by atoms with E-state index in [1.807, 2.05) is 0 Å². The van der Waals surface area contributed by atoms with E-state index >= 15 is 0 Å². The van der Waals surface area contributed by atoms with E-state index < -0.39 is 5.92 Å². The standard InChI is InChI=1S/C7H12F2N/c1-2-6-3-10(6)4-7(8,9)5-10/h6H,2-5H2,1H3/q+1. The highest BCUT2D eigenvalue weighted by Gasteiger charge is 2.70. The number of hydrogen-bond acceptors (Lipinski definition) is 0. The summed E-state index contributed by atoms with van der Waals surface area (Å²) in [5.74, 6) is -2.33. The molecule has 0 bridgehead atoms. The van der Waals surface area contributed by atoms with Crippen LogP contribution in [0.1, 0.15) is 13.3 Å². The second kappa shape index (κ2) is 1.52. The fourth-order valence-electron chi connectivity index (χ4n) is 2.15. The average Bonchev–Trinajstić information content (AvgIpc) is 2.39. The van der Waals surface area contributed by atoms with Crippen LogP contribution in [0.2, 0.25) is 0 Å². The molecule has 1 atom stereocenters. The summed E-state index contributed by atoms with van der Waals surface area (Å²) < 4.78 is 25.5. The second-order valence-corrected chi connectivity index (χ2v) is 3.64. The van der Waals surface area contributed by atoms with Gasteiger partial charge in [-0.3, -0.25) is 0 Å². The van der Waals surface area contributed by atoms with E-state index in [1.54, 1.807) is 0 Å². The lowest BCUT2D eigenvalue weighted by atomic mass is 10.1. The first-order valence-corrected chi connectivity index (χ1v) is 3.82. The van der Waals surface area contributed by atoms with Crippen LogP contribution in [0.25, 0.3) is 0 Å². The molecule has 1 spiro atoms. The van der Waals surface area contributed by atoms with Crippen LogP contribution >= 0.6 is 0 Å². The fourth-order valence-corrected chi connectivity index (χ4v) is 2.15. The topological polar surface area (TPSA) is 0 Å². The van der Waals surface area contributed by atoms with Crippen LogP contribution in [-0.4, -0.2) is 36.1 Å². The van der Waals surface area contributed by atoms with Crippen molar-refractivity contribution in [3.05, 3.63) is 0 Å². The molecule has 10 heavy (non-hydrogen) atoms. The Kier molecular flexibility index (Phi) is 0.994. The van der Waals surface area contributed by atoms with Crippen molar-refractivity contribution in [1.29, 1.82) is 0 Å². The maximum Gasteiger partial charge on any atom is 0.342 e. The van der Waals surface area contributed by atoms with Gasteiger partial charge in [0.05, 0.1) is 0 Å². The van der Waals surface area contributed by atoms with Crippen molar-refractivity contribution in [2.45, 2.75) is 25.3 Å². The molecule has 1 nitrogen and oxygen atoms in total. The normalized spacial score (nSPS) is 39.3. The van der Waals surface area contributed by atoms with Crippen molar-refractivity contribution in [1.82, 2.24) is 0 Å². The van der Waals surface area contributed by atoms with Gasteiger partial charge in [0.2, 0.25) is 0 Å². The van der Waals surface area contributed by atoms with Crippen LogP contribution in [-0.2, 0) is 0 Å². The summed E-state index contributed by atoms with van der Waals surface area (Å²) >= 11 is 0. The van der Waals surface area contributed by atoms with E-state index in [2.05, 4.69) is 6.92 Å². The molecule has 1 unspecified atom stereocenters. The first-order valence-electron chi connectivity index (χ1n) is 3.82. The molecular weight excluding hydrogens is 136 g/mol. The zero-order valence-electron chi connectivity index (χ0n) is 6.11. The number of hydrogen-bond donors (Lipinski definition) is 0. The third kappa shape index (κ3) is 0.698. The minimum absolute atomic E-state index is 0.117. The molecule has 0 aromatic rings. The molecule has 0 N–H and O–H groups in total. The third-order valence-electron chi connectivity index (χ3n) is 2.78. The van der Waals surface area contributed by atoms with Gasteiger partial charge in [-0.25, -0.2) is 0 Å². The van der Waals surface area contributed by atoms with Crippen molar-refractivity contribution in [2.24, 2.45) is 0 Å². The molecule has 2 fully saturated rings. The SMILES string of the molecule is CCC1C[N+]12CC(F)(F)C2. The summed E-state index contributed by atoms with van der Waals surface area (Å²) in [4.78, 5) is 0. The Bertz CT molecular complexity index is 159. The predicted molar refractivity (Wildman–Crippen MR) is 33.9 cm³/mol. The smallest absolute Gasteiger partial charge is 0.301 e. The Morgan fingerprint density at radius 2 is 2.10 bits per heavy atom. The summed E-state index contributed by atoms with van der Waals surface area (Å²) in [6.07, 6.45) is 1.07. The second-order valence-electron chi connectivity index (χ2n) is 3.64. The molecule has 2 rings (SSSR count). The zero-order chi connectivity index (χ0) is 7.41. The van der Waals surface area contributed by atoms with Crippen molar-refractivity contribution in [2.75, 3.05) is 19.6 Å². The zero-order valence-corrected chi connectivity index (χ0v) is 6.11. The lowest BCUT2D eigenvalue weighted by Gasteiger charge is -2.36. The molecule has 58 valence electrons. The summed E-state index contributed by atoms with van der Waals surface area (Å²) in [6, 6.07) is 0.569. The van der Waals surface area contributed by atoms with Gasteiger partial charge in [0.1, 0.15) is 25.7 Å². The molecule has 0 aliphatic carbocycles. The number of halogens is 2. The Labute approximate surface area is 59.2 Å². The summed E-state index contributed by atoms with van der Waals surface area (Å²) in [6.45, 7) is 3.32. The van der Waals surface area contributed by atoms with E-state index in [9.17, 15) is 8.78 Å². The fraction of sp³-hybridized carbons (Fsp3) is 1.00. The Hall–Kier alpha value is -0.180. The molecule has 2 saturated heterocycles. The van der Waals surface area contributed by atoms with Gasteiger partial charge in [0.15, 0.2) is 0 Å². The van der Waals surface area contributed by atoms with Crippen molar-refractivity contribution in [3.8, 4) is 0 Å². The van der Waals surface area contributed by atoms with Crippen molar-refractivity contribution < 1.29 is 13.3 Å². The van der Waals surface area contributed by atoms with Gasteiger partial charge in [-0.05, 0) is 0 Å². The van der Waals surface area contributed by atoms with Crippen LogP contribution in [0, 0.1) is 0 Å². The summed E-state index contributed by atoms with van der Waals surface area (Å²) in [5.41, 5.74) is 0. The van der Waals surface area contributed by atoms with Gasteiger partial charge < -0.3 is 4.48 Å². The molecule has 0 aromatic heterocycles. The summed E-state index contributed by atoms with van der Waals surface area (Å²) in [5, 5.41) is 0. The molecule has 0 amide bonds. The lowest BCUT2D eigenvalue weighted by Crippen LogP contribution is -2.59. The van der Waals surface area contributed by atoms with E-state index in [-0.39, 0.29) is 13.1 Å². The van der Waals surface area contributed by atoms with Crippen LogP contribution in [0.5, 0.6) is 0 Å². The molecule has 3 heteroatoms. The largest absolute Gasteiger partial charge is 0.342 e.